The molecule has 14 heavy (non-hydrogen) atoms. The van der Waals surface area contributed by atoms with Gasteiger partial charge in [-0.25, -0.2) is 8.78 Å². The largest absolute Gasteiger partial charge is 0.204 e. The molecule has 0 spiro atoms. The molecule has 3 heteroatoms. The monoisotopic (exact) mass is 195 g/mol. The molecule has 0 amide bonds. The Morgan fingerprint density at radius 3 is 2.79 bits per heavy atom. The first-order chi connectivity index (χ1) is 6.66. The highest BCUT2D eigenvalue weighted by molar-refractivity contribution is 5.22. The van der Waals surface area contributed by atoms with E-state index >= 15 is 0 Å². The third kappa shape index (κ3) is 2.29. The number of nitriles is 1. The summed E-state index contributed by atoms with van der Waals surface area (Å²) >= 11 is 0. The molecule has 1 atom stereocenters. The van der Waals surface area contributed by atoms with Gasteiger partial charge in [0.15, 0.2) is 11.6 Å². The molecule has 0 bridgehead atoms. The van der Waals surface area contributed by atoms with Gasteiger partial charge in [0.05, 0.1) is 6.07 Å². The van der Waals surface area contributed by atoms with Gasteiger partial charge in [-0.3, -0.25) is 0 Å². The van der Waals surface area contributed by atoms with Gasteiger partial charge in [0.25, 0.3) is 0 Å². The lowest BCUT2D eigenvalue weighted by Crippen LogP contribution is -1.99. The van der Waals surface area contributed by atoms with E-state index < -0.39 is 11.6 Å². The summed E-state index contributed by atoms with van der Waals surface area (Å²) in [5, 5.41) is 8.37. The van der Waals surface area contributed by atoms with Crippen molar-refractivity contribution in [2.45, 2.75) is 25.7 Å². The van der Waals surface area contributed by atoms with Crippen molar-refractivity contribution in [1.82, 2.24) is 0 Å². The zero-order valence-corrected chi connectivity index (χ0v) is 7.93. The first kappa shape index (κ1) is 10.6. The molecule has 0 N–H and O–H groups in total. The number of hydrogen-bond acceptors (Lipinski definition) is 1. The number of rotatable bonds is 3. The fourth-order valence-corrected chi connectivity index (χ4v) is 1.34. The lowest BCUT2D eigenvalue weighted by Gasteiger charge is -2.10. The molecule has 1 unspecified atom stereocenters. The second-order valence-electron chi connectivity index (χ2n) is 3.24. The Morgan fingerprint density at radius 1 is 1.43 bits per heavy atom. The number of hydrogen-bond donors (Lipinski definition) is 0. The SMILES string of the molecule is CC(CCC#N)c1cccc(F)c1F. The van der Waals surface area contributed by atoms with Crippen molar-refractivity contribution in [3.63, 3.8) is 0 Å². The van der Waals surface area contributed by atoms with Gasteiger partial charge < -0.3 is 0 Å². The molecule has 0 aromatic heterocycles. The highest BCUT2D eigenvalue weighted by Gasteiger charge is 2.13. The van der Waals surface area contributed by atoms with Crippen LogP contribution in [-0.4, -0.2) is 0 Å². The van der Waals surface area contributed by atoms with Gasteiger partial charge in [-0.1, -0.05) is 19.1 Å². The normalized spacial score (nSPS) is 12.1. The molecular formula is C11H11F2N. The maximum absolute atomic E-state index is 13.2. The Bertz CT molecular complexity index is 355. The van der Waals surface area contributed by atoms with Crippen LogP contribution >= 0.6 is 0 Å². The van der Waals surface area contributed by atoms with E-state index in [1.165, 1.54) is 6.07 Å². The van der Waals surface area contributed by atoms with Crippen LogP contribution in [0.1, 0.15) is 31.2 Å². The van der Waals surface area contributed by atoms with Gasteiger partial charge in [0.1, 0.15) is 0 Å². The minimum Gasteiger partial charge on any atom is -0.204 e. The number of benzene rings is 1. The van der Waals surface area contributed by atoms with Crippen LogP contribution in [0.15, 0.2) is 18.2 Å². The van der Waals surface area contributed by atoms with Gasteiger partial charge in [0.2, 0.25) is 0 Å². The second kappa shape index (κ2) is 4.71. The van der Waals surface area contributed by atoms with E-state index in [2.05, 4.69) is 0 Å². The molecule has 1 rings (SSSR count). The summed E-state index contributed by atoms with van der Waals surface area (Å²) in [4.78, 5) is 0. The van der Waals surface area contributed by atoms with Crippen molar-refractivity contribution < 1.29 is 8.78 Å². The molecule has 0 saturated heterocycles. The first-order valence-electron chi connectivity index (χ1n) is 4.47. The average molecular weight is 195 g/mol. The molecule has 74 valence electrons. The van der Waals surface area contributed by atoms with E-state index in [9.17, 15) is 8.78 Å². The van der Waals surface area contributed by atoms with Crippen LogP contribution in [0.4, 0.5) is 8.78 Å². The van der Waals surface area contributed by atoms with Gasteiger partial charge in [-0.05, 0) is 24.0 Å². The van der Waals surface area contributed by atoms with Gasteiger partial charge in [0, 0.05) is 6.42 Å². The molecule has 0 aliphatic rings. The van der Waals surface area contributed by atoms with Crippen LogP contribution < -0.4 is 0 Å². The minimum atomic E-state index is -0.827. The van der Waals surface area contributed by atoms with Crippen molar-refractivity contribution in [3.8, 4) is 6.07 Å². The van der Waals surface area contributed by atoms with Crippen molar-refractivity contribution >= 4 is 0 Å². The fraction of sp³-hybridized carbons (Fsp3) is 0.364. The number of nitrogens with zero attached hydrogens (tertiary/aromatic N) is 1. The van der Waals surface area contributed by atoms with Crippen molar-refractivity contribution in [2.75, 3.05) is 0 Å². The van der Waals surface area contributed by atoms with Crippen LogP contribution in [0.25, 0.3) is 0 Å². The molecule has 0 fully saturated rings. The summed E-state index contributed by atoms with van der Waals surface area (Å²) in [7, 11) is 0. The fourth-order valence-electron chi connectivity index (χ4n) is 1.34. The lowest BCUT2D eigenvalue weighted by molar-refractivity contribution is 0.487. The molecule has 0 heterocycles. The molecule has 1 aromatic rings. The van der Waals surface area contributed by atoms with Crippen LogP contribution in [0, 0.1) is 23.0 Å². The Morgan fingerprint density at radius 2 is 2.14 bits per heavy atom. The Kier molecular flexibility index (Phi) is 3.58. The van der Waals surface area contributed by atoms with Gasteiger partial charge in [-0.15, -0.1) is 0 Å². The van der Waals surface area contributed by atoms with E-state index in [1.54, 1.807) is 13.0 Å². The average Bonchev–Trinajstić information content (AvgIpc) is 2.18. The topological polar surface area (TPSA) is 23.8 Å². The minimum absolute atomic E-state index is 0.120. The van der Waals surface area contributed by atoms with Crippen molar-refractivity contribution in [1.29, 1.82) is 5.26 Å². The molecule has 0 aliphatic carbocycles. The predicted molar refractivity (Wildman–Crippen MR) is 49.6 cm³/mol. The second-order valence-corrected chi connectivity index (χ2v) is 3.24. The summed E-state index contributed by atoms with van der Waals surface area (Å²) in [6.07, 6.45) is 0.911. The Hall–Kier alpha value is -1.43. The highest BCUT2D eigenvalue weighted by Crippen LogP contribution is 2.24. The standard InChI is InChI=1S/C11H11F2N/c1-8(4-3-7-14)9-5-2-6-10(12)11(9)13/h2,5-6,8H,3-4H2,1H3. The molecule has 0 radical (unpaired) electrons. The van der Waals surface area contributed by atoms with E-state index in [1.807, 2.05) is 6.07 Å². The summed E-state index contributed by atoms with van der Waals surface area (Å²) in [5.41, 5.74) is 0.347. The third-order valence-electron chi connectivity index (χ3n) is 2.20. The van der Waals surface area contributed by atoms with Gasteiger partial charge in [-0.2, -0.15) is 5.26 Å². The molecular weight excluding hydrogens is 184 g/mol. The van der Waals surface area contributed by atoms with Crippen LogP contribution in [0.5, 0.6) is 0 Å². The highest BCUT2D eigenvalue weighted by atomic mass is 19.2. The zero-order chi connectivity index (χ0) is 10.6. The van der Waals surface area contributed by atoms with E-state index in [0.29, 0.717) is 18.4 Å². The molecule has 1 aromatic carbocycles. The summed E-state index contributed by atoms with van der Waals surface area (Å²) in [6, 6.07) is 6.12. The lowest BCUT2D eigenvalue weighted by atomic mass is 9.96. The first-order valence-corrected chi connectivity index (χ1v) is 4.47. The van der Waals surface area contributed by atoms with Crippen LogP contribution in [0.2, 0.25) is 0 Å². The quantitative estimate of drug-likeness (QED) is 0.725. The predicted octanol–water partition coefficient (Wildman–Crippen LogP) is 3.37. The van der Waals surface area contributed by atoms with Crippen LogP contribution in [0.3, 0.4) is 0 Å². The molecule has 0 saturated carbocycles. The number of halogens is 2. The summed E-state index contributed by atoms with van der Waals surface area (Å²) < 4.78 is 26.0. The summed E-state index contributed by atoms with van der Waals surface area (Å²) in [6.45, 7) is 1.79. The van der Waals surface area contributed by atoms with E-state index in [-0.39, 0.29) is 5.92 Å². The molecule has 1 nitrogen and oxygen atoms in total. The Labute approximate surface area is 82.0 Å². The van der Waals surface area contributed by atoms with Gasteiger partial charge >= 0.3 is 0 Å². The van der Waals surface area contributed by atoms with Crippen molar-refractivity contribution in [3.05, 3.63) is 35.4 Å². The van der Waals surface area contributed by atoms with Crippen LogP contribution in [-0.2, 0) is 0 Å². The smallest absolute Gasteiger partial charge is 0.162 e. The maximum atomic E-state index is 13.2. The van der Waals surface area contributed by atoms with E-state index in [0.717, 1.165) is 6.07 Å². The molecule has 0 aliphatic heterocycles. The zero-order valence-electron chi connectivity index (χ0n) is 7.93. The summed E-state index contributed by atoms with van der Waals surface area (Å²) in [5.74, 6) is -1.74. The van der Waals surface area contributed by atoms with E-state index in [4.69, 9.17) is 5.26 Å². The third-order valence-corrected chi connectivity index (χ3v) is 2.20. The van der Waals surface area contributed by atoms with Crippen molar-refractivity contribution in [2.24, 2.45) is 0 Å². The maximum Gasteiger partial charge on any atom is 0.162 e. The Balaban J connectivity index is 2.85.